The molecule has 0 aliphatic rings. The highest BCUT2D eigenvalue weighted by molar-refractivity contribution is 6.02. The first-order chi connectivity index (χ1) is 12.2. The van der Waals surface area contributed by atoms with Gasteiger partial charge in [-0.15, -0.1) is 0 Å². The van der Waals surface area contributed by atoms with Crippen molar-refractivity contribution in [3.63, 3.8) is 0 Å². The van der Waals surface area contributed by atoms with Crippen molar-refractivity contribution in [2.75, 3.05) is 6.54 Å². The maximum absolute atomic E-state index is 10.2. The summed E-state index contributed by atoms with van der Waals surface area (Å²) in [4.78, 5) is 9.18. The van der Waals surface area contributed by atoms with Gasteiger partial charge in [0.25, 0.3) is 0 Å². The summed E-state index contributed by atoms with van der Waals surface area (Å²) >= 11 is 0. The summed E-state index contributed by atoms with van der Waals surface area (Å²) in [5, 5.41) is 12.3. The van der Waals surface area contributed by atoms with Gasteiger partial charge in [0.1, 0.15) is 11.6 Å². The number of rotatable bonds is 4. The Bertz CT molecular complexity index is 1080. The molecule has 0 radical (unpaired) electrons. The Hall–Kier alpha value is -3.14. The van der Waals surface area contributed by atoms with Crippen molar-refractivity contribution in [2.24, 2.45) is 12.0 Å². The van der Waals surface area contributed by atoms with E-state index in [2.05, 4.69) is 20.6 Å². The van der Waals surface area contributed by atoms with Gasteiger partial charge in [-0.2, -0.15) is 0 Å². The van der Waals surface area contributed by atoms with Crippen LogP contribution in [-0.2, 0) is 13.5 Å². The van der Waals surface area contributed by atoms with E-state index in [1.807, 2.05) is 55.6 Å². The van der Waals surface area contributed by atoms with Gasteiger partial charge in [-0.1, -0.05) is 42.5 Å². The topological polar surface area (TPSA) is 50.4 Å². The summed E-state index contributed by atoms with van der Waals surface area (Å²) in [7, 11) is 2.03. The van der Waals surface area contributed by atoms with E-state index in [1.165, 1.54) is 0 Å². The molecule has 0 unspecified atom stereocenters. The standard InChI is InChI=1S/C21H19N3O/c1-24-19-9-5-4-8-18(19)23-21(24)12-13-22-14-17-16-7-3-2-6-15(16)10-11-20(17)25/h2-11,14,25H,12-13H2,1H3. The highest BCUT2D eigenvalue weighted by atomic mass is 16.3. The van der Waals surface area contributed by atoms with Gasteiger partial charge in [-0.3, -0.25) is 4.99 Å². The van der Waals surface area contributed by atoms with Crippen LogP contribution in [0.3, 0.4) is 0 Å². The fourth-order valence-electron chi connectivity index (χ4n) is 3.16. The highest BCUT2D eigenvalue weighted by Crippen LogP contribution is 2.25. The summed E-state index contributed by atoms with van der Waals surface area (Å²) < 4.78 is 2.11. The molecule has 25 heavy (non-hydrogen) atoms. The Morgan fingerprint density at radius 1 is 1.04 bits per heavy atom. The lowest BCUT2D eigenvalue weighted by Crippen LogP contribution is -2.00. The van der Waals surface area contributed by atoms with Crippen molar-refractivity contribution in [3.8, 4) is 5.75 Å². The van der Waals surface area contributed by atoms with Crippen molar-refractivity contribution in [1.82, 2.24) is 9.55 Å². The van der Waals surface area contributed by atoms with Crippen LogP contribution in [0, 0.1) is 0 Å². The number of benzene rings is 3. The van der Waals surface area contributed by atoms with Crippen molar-refractivity contribution < 1.29 is 5.11 Å². The third-order valence-electron chi connectivity index (χ3n) is 4.51. The summed E-state index contributed by atoms with van der Waals surface area (Å²) in [6.45, 7) is 0.625. The minimum Gasteiger partial charge on any atom is -0.507 e. The SMILES string of the molecule is Cn1c(CCN=Cc2c(O)ccc3ccccc23)nc2ccccc21. The molecular weight excluding hydrogens is 310 g/mol. The molecule has 0 spiro atoms. The van der Waals surface area contributed by atoms with Crippen LogP contribution in [-0.4, -0.2) is 27.4 Å². The van der Waals surface area contributed by atoms with Gasteiger partial charge < -0.3 is 9.67 Å². The van der Waals surface area contributed by atoms with Crippen LogP contribution in [0.25, 0.3) is 21.8 Å². The normalized spacial score (nSPS) is 11.7. The smallest absolute Gasteiger partial charge is 0.124 e. The number of aliphatic imine (C=N–C) groups is 1. The molecular formula is C21H19N3O. The summed E-state index contributed by atoms with van der Waals surface area (Å²) in [5.74, 6) is 1.27. The Morgan fingerprint density at radius 2 is 1.84 bits per heavy atom. The molecule has 0 amide bonds. The monoisotopic (exact) mass is 329 g/mol. The van der Waals surface area contributed by atoms with Gasteiger partial charge in [0.05, 0.1) is 11.0 Å². The molecule has 1 N–H and O–H groups in total. The van der Waals surface area contributed by atoms with Crippen LogP contribution in [0.4, 0.5) is 0 Å². The number of aromatic nitrogens is 2. The van der Waals surface area contributed by atoms with Crippen LogP contribution in [0.2, 0.25) is 0 Å². The number of phenols is 1. The van der Waals surface area contributed by atoms with E-state index >= 15 is 0 Å². The third kappa shape index (κ3) is 2.87. The van der Waals surface area contributed by atoms with Crippen molar-refractivity contribution in [2.45, 2.75) is 6.42 Å². The van der Waals surface area contributed by atoms with Gasteiger partial charge in [0, 0.05) is 31.8 Å². The van der Waals surface area contributed by atoms with E-state index in [-0.39, 0.29) is 5.75 Å². The first-order valence-corrected chi connectivity index (χ1v) is 8.35. The molecule has 124 valence electrons. The van der Waals surface area contributed by atoms with E-state index in [9.17, 15) is 5.11 Å². The molecule has 4 aromatic rings. The second-order valence-corrected chi connectivity index (χ2v) is 6.08. The van der Waals surface area contributed by atoms with E-state index in [1.54, 1.807) is 12.3 Å². The maximum Gasteiger partial charge on any atom is 0.124 e. The molecule has 0 fully saturated rings. The van der Waals surface area contributed by atoms with E-state index in [4.69, 9.17) is 0 Å². The molecule has 0 bridgehead atoms. The highest BCUT2D eigenvalue weighted by Gasteiger charge is 2.07. The molecule has 4 nitrogen and oxygen atoms in total. The first kappa shape index (κ1) is 15.4. The molecule has 0 saturated carbocycles. The predicted octanol–water partition coefficient (Wildman–Crippen LogP) is 4.09. The molecule has 3 aromatic carbocycles. The van der Waals surface area contributed by atoms with Crippen LogP contribution in [0.5, 0.6) is 5.75 Å². The van der Waals surface area contributed by atoms with Crippen molar-refractivity contribution in [3.05, 3.63) is 72.1 Å². The van der Waals surface area contributed by atoms with Crippen LogP contribution in [0.1, 0.15) is 11.4 Å². The van der Waals surface area contributed by atoms with Gasteiger partial charge in [-0.05, 0) is 29.0 Å². The average molecular weight is 329 g/mol. The Labute approximate surface area is 146 Å². The molecule has 4 heteroatoms. The lowest BCUT2D eigenvalue weighted by atomic mass is 10.0. The zero-order valence-electron chi connectivity index (χ0n) is 14.1. The maximum atomic E-state index is 10.2. The number of imidazole rings is 1. The molecule has 1 aromatic heterocycles. The number of hydrogen-bond donors (Lipinski definition) is 1. The largest absolute Gasteiger partial charge is 0.507 e. The van der Waals surface area contributed by atoms with Gasteiger partial charge in [0.15, 0.2) is 0 Å². The van der Waals surface area contributed by atoms with E-state index in [0.717, 1.165) is 39.6 Å². The molecule has 0 aliphatic carbocycles. The predicted molar refractivity (Wildman–Crippen MR) is 102 cm³/mol. The number of nitrogens with zero attached hydrogens (tertiary/aromatic N) is 3. The number of hydrogen-bond acceptors (Lipinski definition) is 3. The van der Waals surface area contributed by atoms with Crippen LogP contribution < -0.4 is 0 Å². The first-order valence-electron chi connectivity index (χ1n) is 8.35. The Kier molecular flexibility index (Phi) is 3.94. The van der Waals surface area contributed by atoms with Gasteiger partial charge in [-0.25, -0.2) is 4.98 Å². The summed E-state index contributed by atoms with van der Waals surface area (Å²) in [5.41, 5.74) is 2.91. The fraction of sp³-hybridized carbons (Fsp3) is 0.143. The zero-order valence-corrected chi connectivity index (χ0v) is 14.1. The summed E-state index contributed by atoms with van der Waals surface area (Å²) in [6, 6.07) is 19.8. The average Bonchev–Trinajstić information content (AvgIpc) is 2.96. The van der Waals surface area contributed by atoms with Crippen molar-refractivity contribution in [1.29, 1.82) is 0 Å². The summed E-state index contributed by atoms with van der Waals surface area (Å²) in [6.07, 6.45) is 2.52. The number of phenolic OH excluding ortho intramolecular Hbond substituents is 1. The molecule has 0 saturated heterocycles. The zero-order chi connectivity index (χ0) is 17.2. The fourth-order valence-corrected chi connectivity index (χ4v) is 3.16. The van der Waals surface area contributed by atoms with Crippen molar-refractivity contribution >= 4 is 28.0 Å². The lowest BCUT2D eigenvalue weighted by Gasteiger charge is -2.04. The van der Waals surface area contributed by atoms with Gasteiger partial charge >= 0.3 is 0 Å². The number of fused-ring (bicyclic) bond motifs is 2. The molecule has 1 heterocycles. The third-order valence-corrected chi connectivity index (χ3v) is 4.51. The number of aryl methyl sites for hydroxylation is 1. The number of para-hydroxylation sites is 2. The second-order valence-electron chi connectivity index (χ2n) is 6.08. The lowest BCUT2D eigenvalue weighted by molar-refractivity contribution is 0.475. The quantitative estimate of drug-likeness (QED) is 0.573. The minimum atomic E-state index is 0.255. The minimum absolute atomic E-state index is 0.255. The van der Waals surface area contributed by atoms with Crippen LogP contribution in [0.15, 0.2) is 65.7 Å². The Morgan fingerprint density at radius 3 is 2.72 bits per heavy atom. The van der Waals surface area contributed by atoms with E-state index in [0.29, 0.717) is 6.54 Å². The number of aromatic hydroxyl groups is 1. The van der Waals surface area contributed by atoms with Crippen LogP contribution >= 0.6 is 0 Å². The second kappa shape index (κ2) is 6.40. The Balaban J connectivity index is 1.55. The molecule has 4 rings (SSSR count). The molecule has 0 aliphatic heterocycles. The molecule has 0 atom stereocenters. The van der Waals surface area contributed by atoms with E-state index < -0.39 is 0 Å². The van der Waals surface area contributed by atoms with Gasteiger partial charge in [0.2, 0.25) is 0 Å².